The van der Waals surface area contributed by atoms with Crippen molar-refractivity contribution >= 4 is 29.1 Å². The van der Waals surface area contributed by atoms with Crippen LogP contribution in [0.3, 0.4) is 0 Å². The molecule has 0 atom stereocenters. The van der Waals surface area contributed by atoms with Gasteiger partial charge in [0.15, 0.2) is 11.5 Å². The van der Waals surface area contributed by atoms with Crippen LogP contribution in [0.4, 0.5) is 5.69 Å². The summed E-state index contributed by atoms with van der Waals surface area (Å²) in [5, 5.41) is 0. The maximum Gasteiger partial charge on any atom is 0.356 e. The van der Waals surface area contributed by atoms with E-state index in [0.29, 0.717) is 5.69 Å². The van der Waals surface area contributed by atoms with Crippen molar-refractivity contribution in [3.05, 3.63) is 77.0 Å². The largest absolute Gasteiger partial charge is 0.464 e. The summed E-state index contributed by atoms with van der Waals surface area (Å²) in [5.74, 6) is -3.61. The minimum absolute atomic E-state index is 0.211. The normalized spacial score (nSPS) is 14.0. The first-order chi connectivity index (χ1) is 12.5. The number of para-hydroxylation sites is 1. The van der Waals surface area contributed by atoms with Crippen molar-refractivity contribution in [3.63, 3.8) is 0 Å². The summed E-state index contributed by atoms with van der Waals surface area (Å²) < 4.78 is 4.72. The van der Waals surface area contributed by atoms with Gasteiger partial charge in [0.2, 0.25) is 0 Å². The fourth-order valence-corrected chi connectivity index (χ4v) is 2.70. The number of nitrogens with zero attached hydrogens (tertiary/aromatic N) is 1. The first kappa shape index (κ1) is 17.3. The molecule has 1 amide bonds. The minimum Gasteiger partial charge on any atom is -0.464 e. The van der Waals surface area contributed by atoms with Gasteiger partial charge in [-0.3, -0.25) is 19.3 Å². The van der Waals surface area contributed by atoms with Crippen LogP contribution in [0.2, 0.25) is 0 Å². The third-order valence-corrected chi connectivity index (χ3v) is 4.02. The molecule has 1 aliphatic heterocycles. The summed E-state index contributed by atoms with van der Waals surface area (Å²) in [7, 11) is 1.12. The van der Waals surface area contributed by atoms with Crippen LogP contribution in [0.1, 0.15) is 15.9 Å². The van der Waals surface area contributed by atoms with Crippen LogP contribution in [0.15, 0.2) is 65.9 Å². The van der Waals surface area contributed by atoms with Crippen LogP contribution < -0.4 is 4.90 Å². The number of rotatable bonds is 4. The summed E-state index contributed by atoms with van der Waals surface area (Å²) in [4.78, 5) is 51.1. The molecule has 2 aromatic carbocycles. The molecule has 0 saturated carbocycles. The van der Waals surface area contributed by atoms with Gasteiger partial charge in [-0.25, -0.2) is 4.79 Å². The molecule has 3 rings (SSSR count). The molecular weight excluding hydrogens is 334 g/mol. The lowest BCUT2D eigenvalue weighted by Gasteiger charge is -2.18. The van der Waals surface area contributed by atoms with Gasteiger partial charge in [-0.05, 0) is 19.1 Å². The average Bonchev–Trinajstić information content (AvgIpc) is 2.93. The summed E-state index contributed by atoms with van der Waals surface area (Å²) in [6.07, 6.45) is 0. The second-order valence-corrected chi connectivity index (χ2v) is 5.72. The standard InChI is InChI=1S/C20H15NO5/c1-12-8-10-13(11-9-12)17(22)15-16(20(25)26-2)21(19(24)18(15)23)14-6-4-3-5-7-14/h3-11H,1-2H3. The molecule has 130 valence electrons. The Kier molecular flexibility index (Phi) is 4.49. The van der Waals surface area contributed by atoms with E-state index in [1.54, 1.807) is 54.6 Å². The molecule has 0 spiro atoms. The predicted octanol–water partition coefficient (Wildman–Crippen LogP) is 2.22. The van der Waals surface area contributed by atoms with Crippen LogP contribution in [-0.4, -0.2) is 30.6 Å². The number of carbonyl (C=O) groups is 4. The number of ketones is 2. The number of hydrogen-bond donors (Lipinski definition) is 0. The van der Waals surface area contributed by atoms with E-state index in [1.165, 1.54) is 0 Å². The molecule has 0 saturated heterocycles. The number of carbonyl (C=O) groups excluding carboxylic acids is 4. The van der Waals surface area contributed by atoms with Gasteiger partial charge in [0.1, 0.15) is 5.57 Å². The van der Waals surface area contributed by atoms with Crippen molar-refractivity contribution in [2.45, 2.75) is 6.92 Å². The van der Waals surface area contributed by atoms with E-state index in [0.717, 1.165) is 17.6 Å². The van der Waals surface area contributed by atoms with E-state index >= 15 is 0 Å². The quantitative estimate of drug-likeness (QED) is 0.366. The molecule has 6 nitrogen and oxygen atoms in total. The Hall–Kier alpha value is -3.54. The molecule has 0 N–H and O–H groups in total. The molecule has 2 aromatic rings. The summed E-state index contributed by atoms with van der Waals surface area (Å²) in [6, 6.07) is 14.7. The van der Waals surface area contributed by atoms with Gasteiger partial charge in [-0.15, -0.1) is 0 Å². The first-order valence-electron chi connectivity index (χ1n) is 7.83. The zero-order valence-electron chi connectivity index (χ0n) is 14.2. The predicted molar refractivity (Wildman–Crippen MR) is 93.5 cm³/mol. The van der Waals surface area contributed by atoms with Gasteiger partial charge < -0.3 is 4.74 Å². The maximum absolute atomic E-state index is 12.9. The monoisotopic (exact) mass is 349 g/mol. The van der Waals surface area contributed by atoms with E-state index < -0.39 is 29.0 Å². The number of aryl methyl sites for hydroxylation is 1. The summed E-state index contributed by atoms with van der Waals surface area (Å²) in [5.41, 5.74) is 0.610. The number of anilines is 1. The molecule has 1 heterocycles. The SMILES string of the molecule is COC(=O)C1=C(C(=O)c2ccc(C)cc2)C(=O)C(=O)N1c1ccccc1. The summed E-state index contributed by atoms with van der Waals surface area (Å²) >= 11 is 0. The number of ether oxygens (including phenoxy) is 1. The fraction of sp³-hybridized carbons (Fsp3) is 0.100. The molecule has 0 aliphatic carbocycles. The Labute approximate surface area is 149 Å². The molecule has 26 heavy (non-hydrogen) atoms. The Morgan fingerprint density at radius 1 is 0.923 bits per heavy atom. The minimum atomic E-state index is -1.03. The number of amides is 1. The lowest BCUT2D eigenvalue weighted by molar-refractivity contribution is -0.136. The second kappa shape index (κ2) is 6.76. The fourth-order valence-electron chi connectivity index (χ4n) is 2.70. The molecular formula is C20H15NO5. The van der Waals surface area contributed by atoms with E-state index in [1.807, 2.05) is 6.92 Å². The van der Waals surface area contributed by atoms with Gasteiger partial charge in [0, 0.05) is 11.3 Å². The van der Waals surface area contributed by atoms with Gasteiger partial charge in [0.05, 0.1) is 7.11 Å². The third kappa shape index (κ3) is 2.82. The lowest BCUT2D eigenvalue weighted by atomic mass is 9.99. The van der Waals surface area contributed by atoms with Gasteiger partial charge in [-0.1, -0.05) is 48.0 Å². The van der Waals surface area contributed by atoms with Gasteiger partial charge in [0.25, 0.3) is 5.78 Å². The molecule has 1 aliphatic rings. The van der Waals surface area contributed by atoms with E-state index in [-0.39, 0.29) is 11.3 Å². The Morgan fingerprint density at radius 3 is 2.12 bits per heavy atom. The van der Waals surface area contributed by atoms with Crippen molar-refractivity contribution in [2.75, 3.05) is 12.0 Å². The molecule has 0 fully saturated rings. The number of methoxy groups -OCH3 is 1. The highest BCUT2D eigenvalue weighted by Gasteiger charge is 2.46. The number of esters is 1. The van der Waals surface area contributed by atoms with E-state index in [4.69, 9.17) is 4.74 Å². The van der Waals surface area contributed by atoms with Gasteiger partial charge >= 0.3 is 11.9 Å². The van der Waals surface area contributed by atoms with Crippen LogP contribution in [0.25, 0.3) is 0 Å². The second-order valence-electron chi connectivity index (χ2n) is 5.72. The average molecular weight is 349 g/mol. The van der Waals surface area contributed by atoms with E-state index in [2.05, 4.69) is 0 Å². The topological polar surface area (TPSA) is 80.8 Å². The molecule has 0 aromatic heterocycles. The van der Waals surface area contributed by atoms with E-state index in [9.17, 15) is 19.2 Å². The molecule has 6 heteroatoms. The van der Waals surface area contributed by atoms with Crippen LogP contribution in [-0.2, 0) is 19.1 Å². The lowest BCUT2D eigenvalue weighted by Crippen LogP contribution is -2.31. The first-order valence-corrected chi connectivity index (χ1v) is 7.83. The third-order valence-electron chi connectivity index (χ3n) is 4.02. The zero-order chi connectivity index (χ0) is 18.8. The van der Waals surface area contributed by atoms with Gasteiger partial charge in [-0.2, -0.15) is 0 Å². The Bertz CT molecular complexity index is 942. The van der Waals surface area contributed by atoms with Crippen molar-refractivity contribution in [2.24, 2.45) is 0 Å². The molecule has 0 radical (unpaired) electrons. The number of Topliss-reactive ketones (excluding diaryl/α,β-unsaturated/α-hetero) is 2. The van der Waals surface area contributed by atoms with Crippen LogP contribution in [0.5, 0.6) is 0 Å². The Morgan fingerprint density at radius 2 is 1.54 bits per heavy atom. The van der Waals surface area contributed by atoms with Crippen LogP contribution >= 0.6 is 0 Å². The smallest absolute Gasteiger partial charge is 0.356 e. The highest BCUT2D eigenvalue weighted by molar-refractivity contribution is 6.59. The number of hydrogen-bond acceptors (Lipinski definition) is 5. The summed E-state index contributed by atoms with van der Waals surface area (Å²) in [6.45, 7) is 1.86. The number of benzene rings is 2. The van der Waals surface area contributed by atoms with Crippen molar-refractivity contribution in [1.29, 1.82) is 0 Å². The van der Waals surface area contributed by atoms with Crippen molar-refractivity contribution in [1.82, 2.24) is 0 Å². The Balaban J connectivity index is 2.19. The van der Waals surface area contributed by atoms with Crippen molar-refractivity contribution < 1.29 is 23.9 Å². The maximum atomic E-state index is 12.9. The van der Waals surface area contributed by atoms with Crippen LogP contribution in [0, 0.1) is 6.92 Å². The highest BCUT2D eigenvalue weighted by Crippen LogP contribution is 2.31. The highest BCUT2D eigenvalue weighted by atomic mass is 16.5. The molecule has 0 unspecified atom stereocenters. The zero-order valence-corrected chi connectivity index (χ0v) is 14.2. The van der Waals surface area contributed by atoms with Crippen molar-refractivity contribution in [3.8, 4) is 0 Å². The molecule has 0 bridgehead atoms.